The van der Waals surface area contributed by atoms with Crippen LogP contribution < -0.4 is 5.14 Å². The molecule has 2 N–H and O–H groups in total. The number of primary sulfonamides is 1. The molecule has 5 nitrogen and oxygen atoms in total. The zero-order valence-electron chi connectivity index (χ0n) is 11.2. The molecule has 1 aromatic rings. The van der Waals surface area contributed by atoms with Crippen molar-refractivity contribution in [1.29, 1.82) is 0 Å². The fraction of sp³-hybridized carbons (Fsp3) is 0.462. The summed E-state index contributed by atoms with van der Waals surface area (Å²) in [5.41, 5.74) is 1.05. The summed E-state index contributed by atoms with van der Waals surface area (Å²) in [6, 6.07) is 3.04. The predicted octanol–water partition coefficient (Wildman–Crippen LogP) is 2.03. The number of amides is 1. The summed E-state index contributed by atoms with van der Waals surface area (Å²) >= 11 is 3.21. The molecular weight excluding hydrogens is 344 g/mol. The Labute approximate surface area is 127 Å². The van der Waals surface area contributed by atoms with Gasteiger partial charge in [-0.25, -0.2) is 13.6 Å². The van der Waals surface area contributed by atoms with E-state index in [1.54, 1.807) is 17.9 Å². The molecule has 1 aliphatic heterocycles. The monoisotopic (exact) mass is 360 g/mol. The van der Waals surface area contributed by atoms with Crippen LogP contribution in [0, 0.1) is 6.92 Å². The van der Waals surface area contributed by atoms with Gasteiger partial charge < -0.3 is 4.90 Å². The van der Waals surface area contributed by atoms with E-state index in [0.717, 1.165) is 32.4 Å². The zero-order valence-corrected chi connectivity index (χ0v) is 13.6. The third-order valence-electron chi connectivity index (χ3n) is 3.42. The lowest BCUT2D eigenvalue weighted by Crippen LogP contribution is -2.35. The highest BCUT2D eigenvalue weighted by molar-refractivity contribution is 9.10. The molecule has 0 aliphatic carbocycles. The van der Waals surface area contributed by atoms with Crippen LogP contribution in [0.25, 0.3) is 0 Å². The molecule has 0 spiro atoms. The Morgan fingerprint density at radius 3 is 2.40 bits per heavy atom. The van der Waals surface area contributed by atoms with E-state index in [-0.39, 0.29) is 10.8 Å². The first-order valence-electron chi connectivity index (χ1n) is 6.43. The zero-order chi connectivity index (χ0) is 14.9. The van der Waals surface area contributed by atoms with Gasteiger partial charge in [0.25, 0.3) is 5.91 Å². The summed E-state index contributed by atoms with van der Waals surface area (Å²) < 4.78 is 23.6. The summed E-state index contributed by atoms with van der Waals surface area (Å²) in [6.45, 7) is 3.18. The molecule has 0 bridgehead atoms. The molecule has 1 heterocycles. The molecule has 20 heavy (non-hydrogen) atoms. The number of nitrogens with two attached hydrogens (primary N) is 1. The van der Waals surface area contributed by atoms with Gasteiger partial charge in [-0.15, -0.1) is 0 Å². The SMILES string of the molecule is Cc1cc(C(=O)N2CCCCC2)cc(S(N)(=O)=O)c1Br. The second-order valence-corrected chi connectivity index (χ2v) is 7.33. The highest BCUT2D eigenvalue weighted by Crippen LogP contribution is 2.27. The number of aryl methyl sites for hydroxylation is 1. The Bertz CT molecular complexity index is 637. The van der Waals surface area contributed by atoms with Crippen molar-refractivity contribution in [2.45, 2.75) is 31.1 Å². The normalized spacial score (nSPS) is 16.2. The number of carbonyl (C=O) groups is 1. The fourth-order valence-electron chi connectivity index (χ4n) is 2.35. The number of benzene rings is 1. The summed E-state index contributed by atoms with van der Waals surface area (Å²) in [5.74, 6) is -0.134. The van der Waals surface area contributed by atoms with Crippen molar-refractivity contribution in [3.05, 3.63) is 27.7 Å². The van der Waals surface area contributed by atoms with Gasteiger partial charge in [-0.2, -0.15) is 0 Å². The van der Waals surface area contributed by atoms with Crippen molar-refractivity contribution >= 4 is 31.9 Å². The van der Waals surface area contributed by atoms with Crippen LogP contribution in [0.15, 0.2) is 21.5 Å². The second-order valence-electron chi connectivity index (χ2n) is 5.00. The molecule has 0 atom stereocenters. The maximum absolute atomic E-state index is 12.4. The number of carbonyl (C=O) groups excluding carboxylic acids is 1. The molecule has 110 valence electrons. The van der Waals surface area contributed by atoms with Gasteiger partial charge >= 0.3 is 0 Å². The Morgan fingerprint density at radius 2 is 1.85 bits per heavy atom. The van der Waals surface area contributed by atoms with Crippen molar-refractivity contribution in [3.63, 3.8) is 0 Å². The van der Waals surface area contributed by atoms with E-state index < -0.39 is 10.0 Å². The van der Waals surface area contributed by atoms with Gasteiger partial charge in [-0.3, -0.25) is 4.79 Å². The highest BCUT2D eigenvalue weighted by Gasteiger charge is 2.22. The van der Waals surface area contributed by atoms with Crippen LogP contribution in [-0.2, 0) is 10.0 Å². The smallest absolute Gasteiger partial charge is 0.253 e. The summed E-state index contributed by atoms with van der Waals surface area (Å²) in [6.07, 6.45) is 3.11. The minimum Gasteiger partial charge on any atom is -0.339 e. The highest BCUT2D eigenvalue weighted by atomic mass is 79.9. The van der Waals surface area contributed by atoms with E-state index in [9.17, 15) is 13.2 Å². The van der Waals surface area contributed by atoms with Gasteiger partial charge in [0.05, 0.1) is 4.90 Å². The predicted molar refractivity (Wildman–Crippen MR) is 80.0 cm³/mol. The molecule has 0 radical (unpaired) electrons. The lowest BCUT2D eigenvalue weighted by Gasteiger charge is -2.27. The van der Waals surface area contributed by atoms with E-state index >= 15 is 0 Å². The number of hydrogen-bond acceptors (Lipinski definition) is 3. The molecule has 1 fully saturated rings. The molecule has 0 unspecified atom stereocenters. The van der Waals surface area contributed by atoms with Crippen LogP contribution >= 0.6 is 15.9 Å². The maximum Gasteiger partial charge on any atom is 0.253 e. The molecule has 2 rings (SSSR count). The second kappa shape index (κ2) is 5.83. The van der Waals surface area contributed by atoms with Crippen molar-refractivity contribution in [1.82, 2.24) is 4.90 Å². The van der Waals surface area contributed by atoms with E-state index in [2.05, 4.69) is 15.9 Å². The minimum atomic E-state index is -3.86. The molecule has 0 saturated carbocycles. The van der Waals surface area contributed by atoms with Crippen molar-refractivity contribution < 1.29 is 13.2 Å². The standard InChI is InChI=1S/C13H17BrN2O3S/c1-9-7-10(8-11(12(9)14)20(15,18)19)13(17)16-5-3-2-4-6-16/h7-8H,2-6H2,1H3,(H2,15,18,19). The van der Waals surface area contributed by atoms with Crippen LogP contribution in [0.3, 0.4) is 0 Å². The van der Waals surface area contributed by atoms with Gasteiger partial charge in [0.2, 0.25) is 10.0 Å². The number of likely N-dealkylation sites (tertiary alicyclic amines) is 1. The Morgan fingerprint density at radius 1 is 1.25 bits per heavy atom. The number of hydrogen-bond donors (Lipinski definition) is 1. The molecule has 1 aromatic carbocycles. The van der Waals surface area contributed by atoms with Crippen LogP contribution in [0.5, 0.6) is 0 Å². The maximum atomic E-state index is 12.4. The Hall–Kier alpha value is -0.920. The van der Waals surface area contributed by atoms with Gasteiger partial charge in [0, 0.05) is 23.1 Å². The van der Waals surface area contributed by atoms with E-state index in [1.165, 1.54) is 6.07 Å². The number of rotatable bonds is 2. The molecule has 1 amide bonds. The summed E-state index contributed by atoms with van der Waals surface area (Å²) in [7, 11) is -3.86. The van der Waals surface area contributed by atoms with Crippen molar-refractivity contribution in [3.8, 4) is 0 Å². The first-order chi connectivity index (χ1) is 9.30. The summed E-state index contributed by atoms with van der Waals surface area (Å²) in [4.78, 5) is 14.1. The van der Waals surface area contributed by atoms with Crippen molar-refractivity contribution in [2.24, 2.45) is 5.14 Å². The lowest BCUT2D eigenvalue weighted by atomic mass is 10.1. The molecular formula is C13H17BrN2O3S. The third-order valence-corrected chi connectivity index (χ3v) is 5.67. The number of sulfonamides is 1. The van der Waals surface area contributed by atoms with Crippen LogP contribution in [0.1, 0.15) is 35.2 Å². The molecule has 1 aliphatic rings. The Balaban J connectivity index is 2.42. The van der Waals surface area contributed by atoms with Crippen LogP contribution in [0.2, 0.25) is 0 Å². The first kappa shape index (κ1) is 15.5. The average Bonchev–Trinajstić information content (AvgIpc) is 2.40. The van der Waals surface area contributed by atoms with E-state index in [4.69, 9.17) is 5.14 Å². The molecule has 7 heteroatoms. The van der Waals surface area contributed by atoms with Gasteiger partial charge in [-0.1, -0.05) is 0 Å². The van der Waals surface area contributed by atoms with Gasteiger partial charge in [0.1, 0.15) is 0 Å². The average molecular weight is 361 g/mol. The van der Waals surface area contributed by atoms with E-state index in [0.29, 0.717) is 15.6 Å². The largest absolute Gasteiger partial charge is 0.339 e. The first-order valence-corrected chi connectivity index (χ1v) is 8.77. The number of piperidine rings is 1. The third kappa shape index (κ3) is 3.21. The number of halogens is 1. The minimum absolute atomic E-state index is 0.0436. The van der Waals surface area contributed by atoms with Crippen LogP contribution in [-0.4, -0.2) is 32.3 Å². The summed E-state index contributed by atoms with van der Waals surface area (Å²) in [5, 5.41) is 5.19. The molecule has 1 saturated heterocycles. The van der Waals surface area contributed by atoms with Gasteiger partial charge in [0.15, 0.2) is 0 Å². The quantitative estimate of drug-likeness (QED) is 0.875. The molecule has 0 aromatic heterocycles. The number of nitrogens with zero attached hydrogens (tertiary/aromatic N) is 1. The topological polar surface area (TPSA) is 80.5 Å². The Kier molecular flexibility index (Phi) is 4.51. The van der Waals surface area contributed by atoms with Crippen molar-refractivity contribution in [2.75, 3.05) is 13.1 Å². The fourth-order valence-corrected chi connectivity index (χ4v) is 3.96. The van der Waals surface area contributed by atoms with E-state index in [1.807, 2.05) is 0 Å². The van der Waals surface area contributed by atoms with Crippen LogP contribution in [0.4, 0.5) is 0 Å². The van der Waals surface area contributed by atoms with Gasteiger partial charge in [-0.05, 0) is 59.8 Å². The lowest BCUT2D eigenvalue weighted by molar-refractivity contribution is 0.0724.